The summed E-state index contributed by atoms with van der Waals surface area (Å²) in [7, 11) is 0. The number of anilines is 1. The molecule has 4 atom stereocenters. The molecule has 33 heavy (non-hydrogen) atoms. The van der Waals surface area contributed by atoms with Crippen LogP contribution in [0.5, 0.6) is 0 Å². The van der Waals surface area contributed by atoms with Crippen LogP contribution >= 0.6 is 0 Å². The number of aromatic nitrogens is 4. The van der Waals surface area contributed by atoms with Crippen molar-refractivity contribution < 1.29 is 19.3 Å². The van der Waals surface area contributed by atoms with E-state index in [0.717, 1.165) is 11.1 Å². The number of aliphatic hydroxyl groups excluding tert-OH is 1. The molecule has 9 nitrogen and oxygen atoms in total. The van der Waals surface area contributed by atoms with Gasteiger partial charge in [-0.15, -0.1) is 0 Å². The Hall–Kier alpha value is -3.37. The quantitative estimate of drug-likeness (QED) is 0.423. The summed E-state index contributed by atoms with van der Waals surface area (Å²) in [4.78, 5) is 12.5. The van der Waals surface area contributed by atoms with Gasteiger partial charge >= 0.3 is 0 Å². The Kier molecular flexibility index (Phi) is 6.27. The first-order valence-corrected chi connectivity index (χ1v) is 10.7. The minimum atomic E-state index is -0.965. The lowest BCUT2D eigenvalue weighted by atomic mass is 10.1. The highest BCUT2D eigenvalue weighted by Crippen LogP contribution is 2.34. The number of nitrogens with two attached hydrogens (primary N) is 1. The van der Waals surface area contributed by atoms with E-state index in [-0.39, 0.29) is 12.4 Å². The smallest absolute Gasteiger partial charge is 0.167 e. The van der Waals surface area contributed by atoms with Crippen molar-refractivity contribution in [1.29, 1.82) is 0 Å². The summed E-state index contributed by atoms with van der Waals surface area (Å²) in [5, 5.41) is 11.2. The topological polar surface area (TPSA) is 118 Å². The van der Waals surface area contributed by atoms with E-state index in [2.05, 4.69) is 15.0 Å². The van der Waals surface area contributed by atoms with E-state index in [1.165, 1.54) is 6.33 Å². The second-order valence-corrected chi connectivity index (χ2v) is 7.90. The number of fused-ring (bicyclic) bond motifs is 1. The number of ether oxygens (including phenoxy) is 3. The van der Waals surface area contributed by atoms with Gasteiger partial charge in [-0.25, -0.2) is 15.0 Å². The molecule has 0 radical (unpaired) electrons. The number of aliphatic hydroxyl groups is 1. The van der Waals surface area contributed by atoms with Crippen molar-refractivity contribution >= 4 is 17.0 Å². The van der Waals surface area contributed by atoms with E-state index < -0.39 is 24.5 Å². The molecular formula is C24H25N5O4. The van der Waals surface area contributed by atoms with Crippen LogP contribution in [0.25, 0.3) is 11.2 Å². The summed E-state index contributed by atoms with van der Waals surface area (Å²) in [6, 6.07) is 19.7. The monoisotopic (exact) mass is 447 g/mol. The molecule has 0 bridgehead atoms. The molecule has 9 heteroatoms. The summed E-state index contributed by atoms with van der Waals surface area (Å²) >= 11 is 0. The Morgan fingerprint density at radius 3 is 2.36 bits per heavy atom. The third-order valence-corrected chi connectivity index (χ3v) is 5.65. The van der Waals surface area contributed by atoms with Gasteiger partial charge in [0, 0.05) is 0 Å². The number of hydrogen-bond acceptors (Lipinski definition) is 8. The second-order valence-electron chi connectivity index (χ2n) is 7.90. The zero-order valence-electron chi connectivity index (χ0n) is 17.9. The predicted molar refractivity (Wildman–Crippen MR) is 121 cm³/mol. The molecule has 0 spiro atoms. The van der Waals surface area contributed by atoms with Crippen molar-refractivity contribution in [2.75, 3.05) is 12.3 Å². The van der Waals surface area contributed by atoms with Crippen molar-refractivity contribution in [3.05, 3.63) is 84.4 Å². The largest absolute Gasteiger partial charge is 0.386 e. The molecule has 2 aromatic heterocycles. The molecule has 0 saturated carbocycles. The molecule has 2 aromatic carbocycles. The van der Waals surface area contributed by atoms with E-state index >= 15 is 0 Å². The van der Waals surface area contributed by atoms with Gasteiger partial charge in [-0.3, -0.25) is 4.57 Å². The maximum atomic E-state index is 11.2. The van der Waals surface area contributed by atoms with E-state index in [9.17, 15) is 5.11 Å². The number of nitrogen functional groups attached to an aromatic ring is 1. The van der Waals surface area contributed by atoms with Gasteiger partial charge in [-0.1, -0.05) is 60.7 Å². The van der Waals surface area contributed by atoms with Crippen LogP contribution in [-0.2, 0) is 27.4 Å². The first-order valence-electron chi connectivity index (χ1n) is 10.7. The lowest BCUT2D eigenvalue weighted by Gasteiger charge is -2.21. The van der Waals surface area contributed by atoms with Crippen molar-refractivity contribution in [2.45, 2.75) is 37.8 Å². The van der Waals surface area contributed by atoms with Gasteiger partial charge in [0.2, 0.25) is 0 Å². The minimum absolute atomic E-state index is 0.256. The van der Waals surface area contributed by atoms with Crippen molar-refractivity contribution in [2.24, 2.45) is 0 Å². The molecule has 170 valence electrons. The van der Waals surface area contributed by atoms with Crippen LogP contribution in [0.15, 0.2) is 73.3 Å². The summed E-state index contributed by atoms with van der Waals surface area (Å²) in [6.07, 6.45) is 0.0891. The van der Waals surface area contributed by atoms with Crippen LogP contribution in [0.1, 0.15) is 17.4 Å². The zero-order chi connectivity index (χ0) is 22.6. The highest BCUT2D eigenvalue weighted by Gasteiger charge is 2.46. The highest BCUT2D eigenvalue weighted by molar-refractivity contribution is 5.81. The second kappa shape index (κ2) is 9.63. The predicted octanol–water partition coefficient (Wildman–Crippen LogP) is 2.47. The maximum absolute atomic E-state index is 11.2. The summed E-state index contributed by atoms with van der Waals surface area (Å²) in [5.74, 6) is 0.269. The number of nitrogens with zero attached hydrogens (tertiary/aromatic N) is 4. The standard InChI is InChI=1S/C24H25N5O4/c25-22-19-23(27-14-26-22)29(15-28-19)24-20(30)21(32-12-17-9-5-2-6-10-17)18(33-24)13-31-11-16-7-3-1-4-8-16/h1-10,14-15,18,20-21,24,30H,11-13H2,(H2,25,26,27)/t18-,20-,21-,24-/m1/s1. The van der Waals surface area contributed by atoms with Crippen LogP contribution in [-0.4, -0.2) is 49.5 Å². The number of benzene rings is 2. The van der Waals surface area contributed by atoms with Gasteiger partial charge in [0.05, 0.1) is 26.1 Å². The summed E-state index contributed by atoms with van der Waals surface area (Å²) in [5.41, 5.74) is 8.92. The van der Waals surface area contributed by atoms with Gasteiger partial charge in [0.1, 0.15) is 30.2 Å². The molecule has 5 rings (SSSR count). The Balaban J connectivity index is 1.35. The summed E-state index contributed by atoms with van der Waals surface area (Å²) in [6.45, 7) is 1.03. The molecule has 4 aromatic rings. The lowest BCUT2D eigenvalue weighted by Crippen LogP contribution is -2.36. The highest BCUT2D eigenvalue weighted by atomic mass is 16.6. The van der Waals surface area contributed by atoms with Gasteiger partial charge in [0.15, 0.2) is 17.7 Å². The molecule has 1 fully saturated rings. The lowest BCUT2D eigenvalue weighted by molar-refractivity contribution is -0.0822. The van der Waals surface area contributed by atoms with Crippen LogP contribution in [0, 0.1) is 0 Å². The van der Waals surface area contributed by atoms with Crippen LogP contribution in [0.4, 0.5) is 5.82 Å². The average molecular weight is 447 g/mol. The number of hydrogen-bond donors (Lipinski definition) is 2. The Bertz CT molecular complexity index is 1190. The van der Waals surface area contributed by atoms with Gasteiger partial charge < -0.3 is 25.1 Å². The Morgan fingerprint density at radius 1 is 0.939 bits per heavy atom. The van der Waals surface area contributed by atoms with Gasteiger partial charge in [-0.2, -0.15) is 0 Å². The van der Waals surface area contributed by atoms with Crippen molar-refractivity contribution in [3.63, 3.8) is 0 Å². The molecular weight excluding hydrogens is 422 g/mol. The minimum Gasteiger partial charge on any atom is -0.386 e. The molecule has 1 saturated heterocycles. The molecule has 0 aliphatic carbocycles. The van der Waals surface area contributed by atoms with Crippen molar-refractivity contribution in [1.82, 2.24) is 19.5 Å². The van der Waals surface area contributed by atoms with Crippen LogP contribution < -0.4 is 5.73 Å². The summed E-state index contributed by atoms with van der Waals surface area (Å²) < 4.78 is 19.9. The molecule has 1 aliphatic rings. The van der Waals surface area contributed by atoms with Crippen molar-refractivity contribution in [3.8, 4) is 0 Å². The average Bonchev–Trinajstić information content (AvgIpc) is 3.41. The van der Waals surface area contributed by atoms with E-state index in [1.54, 1.807) is 10.9 Å². The van der Waals surface area contributed by atoms with Gasteiger partial charge in [0.25, 0.3) is 0 Å². The van der Waals surface area contributed by atoms with E-state index in [4.69, 9.17) is 19.9 Å². The molecule has 0 amide bonds. The first kappa shape index (κ1) is 21.5. The third-order valence-electron chi connectivity index (χ3n) is 5.65. The molecule has 1 aliphatic heterocycles. The molecule has 0 unspecified atom stereocenters. The normalized spacial score (nSPS) is 22.7. The fourth-order valence-corrected chi connectivity index (χ4v) is 3.98. The van der Waals surface area contributed by atoms with Crippen LogP contribution in [0.3, 0.4) is 0 Å². The maximum Gasteiger partial charge on any atom is 0.167 e. The van der Waals surface area contributed by atoms with E-state index in [0.29, 0.717) is 24.4 Å². The number of rotatable bonds is 8. The van der Waals surface area contributed by atoms with E-state index in [1.807, 2.05) is 60.7 Å². The zero-order valence-corrected chi connectivity index (χ0v) is 17.9. The SMILES string of the molecule is Nc1ncnc2c1ncn2[C@@H]1O[C@H](COCc2ccccc2)[C@@H](OCc2ccccc2)[C@H]1O. The number of imidazole rings is 1. The van der Waals surface area contributed by atoms with Crippen LogP contribution in [0.2, 0.25) is 0 Å². The van der Waals surface area contributed by atoms with Gasteiger partial charge in [-0.05, 0) is 11.1 Å². The fraction of sp³-hybridized carbons (Fsp3) is 0.292. The Labute approximate surface area is 190 Å². The first-order chi connectivity index (χ1) is 16.2. The third kappa shape index (κ3) is 4.57. The fourth-order valence-electron chi connectivity index (χ4n) is 3.98. The molecule has 3 heterocycles. The molecule has 3 N–H and O–H groups in total. The Morgan fingerprint density at radius 2 is 1.64 bits per heavy atom.